The van der Waals surface area contributed by atoms with Crippen molar-refractivity contribution in [1.82, 2.24) is 4.98 Å². The Kier molecular flexibility index (Phi) is 2.86. The van der Waals surface area contributed by atoms with Gasteiger partial charge in [0.15, 0.2) is 0 Å². The van der Waals surface area contributed by atoms with Crippen LogP contribution < -0.4 is 4.74 Å². The zero-order chi connectivity index (χ0) is 14.3. The monoisotopic (exact) mass is 269 g/mol. The molecule has 0 bridgehead atoms. The van der Waals surface area contributed by atoms with E-state index in [4.69, 9.17) is 4.74 Å². The summed E-state index contributed by atoms with van der Waals surface area (Å²) in [5.74, 6) is -0.199. The van der Waals surface area contributed by atoms with E-state index in [1.54, 1.807) is 6.07 Å². The lowest BCUT2D eigenvalue weighted by molar-refractivity contribution is 0.0699. The Labute approximate surface area is 116 Å². The molecule has 4 heteroatoms. The summed E-state index contributed by atoms with van der Waals surface area (Å²) in [6, 6.07) is 9.36. The molecule has 4 nitrogen and oxygen atoms in total. The maximum Gasteiger partial charge on any atom is 0.336 e. The number of aromatic amines is 1. The molecule has 0 aliphatic rings. The van der Waals surface area contributed by atoms with Crippen molar-refractivity contribution >= 4 is 27.8 Å². The summed E-state index contributed by atoms with van der Waals surface area (Å²) in [7, 11) is 0. The fourth-order valence-electron chi connectivity index (χ4n) is 2.64. The summed E-state index contributed by atoms with van der Waals surface area (Å²) in [5, 5.41) is 11.1. The van der Waals surface area contributed by atoms with Gasteiger partial charge in [-0.25, -0.2) is 4.79 Å². The Morgan fingerprint density at radius 2 is 2.10 bits per heavy atom. The van der Waals surface area contributed by atoms with E-state index in [0.717, 1.165) is 27.7 Å². The fourth-order valence-corrected chi connectivity index (χ4v) is 2.64. The highest BCUT2D eigenvalue weighted by molar-refractivity contribution is 6.18. The van der Waals surface area contributed by atoms with E-state index in [1.807, 2.05) is 38.1 Å². The molecule has 0 fully saturated rings. The Morgan fingerprint density at radius 3 is 2.80 bits per heavy atom. The van der Waals surface area contributed by atoms with Crippen LogP contribution in [0.25, 0.3) is 21.8 Å². The third kappa shape index (κ3) is 1.72. The van der Waals surface area contributed by atoms with Crippen molar-refractivity contribution < 1.29 is 14.6 Å². The molecule has 0 saturated carbocycles. The Balaban J connectivity index is 2.52. The van der Waals surface area contributed by atoms with Gasteiger partial charge < -0.3 is 14.8 Å². The minimum atomic E-state index is -0.925. The number of carboxylic acids is 1. The van der Waals surface area contributed by atoms with Crippen LogP contribution in [0.3, 0.4) is 0 Å². The maximum absolute atomic E-state index is 11.5. The van der Waals surface area contributed by atoms with Gasteiger partial charge in [-0.15, -0.1) is 0 Å². The van der Waals surface area contributed by atoms with Crippen molar-refractivity contribution in [2.24, 2.45) is 0 Å². The molecule has 0 atom stereocenters. The van der Waals surface area contributed by atoms with Gasteiger partial charge in [-0.1, -0.05) is 18.2 Å². The number of hydrogen-bond donors (Lipinski definition) is 2. The van der Waals surface area contributed by atoms with Gasteiger partial charge in [-0.2, -0.15) is 0 Å². The van der Waals surface area contributed by atoms with Gasteiger partial charge in [0.05, 0.1) is 17.7 Å². The van der Waals surface area contributed by atoms with Gasteiger partial charge in [0, 0.05) is 16.3 Å². The largest absolute Gasteiger partial charge is 0.491 e. The molecular weight excluding hydrogens is 254 g/mol. The topological polar surface area (TPSA) is 62.3 Å². The molecule has 0 saturated heterocycles. The number of carboxylic acid groups (broad SMARTS) is 1. The first-order valence-corrected chi connectivity index (χ1v) is 6.53. The summed E-state index contributed by atoms with van der Waals surface area (Å²) < 4.78 is 5.69. The number of aromatic carboxylic acids is 1. The average molecular weight is 269 g/mol. The van der Waals surface area contributed by atoms with Gasteiger partial charge in [-0.05, 0) is 31.5 Å². The number of aromatic nitrogens is 1. The molecule has 1 heterocycles. The number of H-pyrrole nitrogens is 1. The fraction of sp³-hybridized carbons (Fsp3) is 0.188. The number of carbonyl (C=O) groups is 1. The number of aryl methyl sites for hydroxylation is 1. The predicted molar refractivity (Wildman–Crippen MR) is 78.7 cm³/mol. The number of benzene rings is 2. The van der Waals surface area contributed by atoms with Crippen LogP contribution in [0.2, 0.25) is 0 Å². The second kappa shape index (κ2) is 4.56. The van der Waals surface area contributed by atoms with E-state index in [2.05, 4.69) is 4.98 Å². The Hall–Kier alpha value is -2.49. The van der Waals surface area contributed by atoms with Crippen molar-refractivity contribution in [2.45, 2.75) is 13.8 Å². The standard InChI is InChI=1S/C16H15NO3/c1-3-20-15-9(2)8-11(16(18)19)13-10-6-4-5-7-12(10)17-14(13)15/h4-8,17H,3H2,1-2H3,(H,18,19). The molecule has 0 aliphatic carbocycles. The first-order valence-electron chi connectivity index (χ1n) is 6.53. The van der Waals surface area contributed by atoms with Crippen molar-refractivity contribution in [3.05, 3.63) is 41.5 Å². The second-order valence-corrected chi connectivity index (χ2v) is 4.73. The summed E-state index contributed by atoms with van der Waals surface area (Å²) in [4.78, 5) is 14.8. The molecule has 3 rings (SSSR count). The third-order valence-electron chi connectivity index (χ3n) is 3.44. The summed E-state index contributed by atoms with van der Waals surface area (Å²) in [6.07, 6.45) is 0. The molecule has 1 aromatic heterocycles. The number of rotatable bonds is 3. The van der Waals surface area contributed by atoms with E-state index in [9.17, 15) is 9.90 Å². The summed E-state index contributed by atoms with van der Waals surface area (Å²) >= 11 is 0. The van der Waals surface area contributed by atoms with Crippen molar-refractivity contribution in [3.63, 3.8) is 0 Å². The van der Waals surface area contributed by atoms with Gasteiger partial charge in [0.1, 0.15) is 5.75 Å². The van der Waals surface area contributed by atoms with E-state index in [1.165, 1.54) is 0 Å². The normalized spacial score (nSPS) is 11.1. The summed E-state index contributed by atoms with van der Waals surface area (Å²) in [6.45, 7) is 4.32. The highest BCUT2D eigenvalue weighted by atomic mass is 16.5. The maximum atomic E-state index is 11.5. The molecule has 0 radical (unpaired) electrons. The van der Waals surface area contributed by atoms with Crippen LogP contribution in [0.4, 0.5) is 0 Å². The van der Waals surface area contributed by atoms with Crippen molar-refractivity contribution in [1.29, 1.82) is 0 Å². The molecule has 0 spiro atoms. The number of fused-ring (bicyclic) bond motifs is 3. The quantitative estimate of drug-likeness (QED) is 0.761. The van der Waals surface area contributed by atoms with Crippen LogP contribution >= 0.6 is 0 Å². The van der Waals surface area contributed by atoms with E-state index in [0.29, 0.717) is 17.6 Å². The van der Waals surface area contributed by atoms with Crippen molar-refractivity contribution in [2.75, 3.05) is 6.61 Å². The van der Waals surface area contributed by atoms with Gasteiger partial charge in [-0.3, -0.25) is 0 Å². The second-order valence-electron chi connectivity index (χ2n) is 4.73. The average Bonchev–Trinajstić information content (AvgIpc) is 2.80. The minimum Gasteiger partial charge on any atom is -0.491 e. The molecule has 0 aliphatic heterocycles. The minimum absolute atomic E-state index is 0.304. The van der Waals surface area contributed by atoms with Crippen molar-refractivity contribution in [3.8, 4) is 5.75 Å². The van der Waals surface area contributed by atoms with Crippen LogP contribution in [0.15, 0.2) is 30.3 Å². The zero-order valence-corrected chi connectivity index (χ0v) is 11.4. The van der Waals surface area contributed by atoms with Crippen LogP contribution in [-0.4, -0.2) is 22.7 Å². The molecule has 2 aromatic carbocycles. The lowest BCUT2D eigenvalue weighted by Crippen LogP contribution is -2.01. The zero-order valence-electron chi connectivity index (χ0n) is 11.4. The number of para-hydroxylation sites is 1. The predicted octanol–water partition coefficient (Wildman–Crippen LogP) is 3.73. The molecular formula is C16H15NO3. The molecule has 0 amide bonds. The van der Waals surface area contributed by atoms with Crippen LogP contribution in [0, 0.1) is 6.92 Å². The molecule has 20 heavy (non-hydrogen) atoms. The third-order valence-corrected chi connectivity index (χ3v) is 3.44. The van der Waals surface area contributed by atoms with Gasteiger partial charge in [0.2, 0.25) is 0 Å². The molecule has 0 unspecified atom stereocenters. The Morgan fingerprint density at radius 1 is 1.35 bits per heavy atom. The first kappa shape index (κ1) is 12.5. The van der Waals surface area contributed by atoms with Gasteiger partial charge in [0.25, 0.3) is 0 Å². The van der Waals surface area contributed by atoms with E-state index >= 15 is 0 Å². The van der Waals surface area contributed by atoms with Crippen LogP contribution in [0.1, 0.15) is 22.8 Å². The highest BCUT2D eigenvalue weighted by Gasteiger charge is 2.19. The molecule has 3 aromatic rings. The number of nitrogens with one attached hydrogen (secondary N) is 1. The molecule has 102 valence electrons. The van der Waals surface area contributed by atoms with E-state index < -0.39 is 5.97 Å². The number of hydrogen-bond acceptors (Lipinski definition) is 2. The smallest absolute Gasteiger partial charge is 0.336 e. The van der Waals surface area contributed by atoms with Gasteiger partial charge >= 0.3 is 5.97 Å². The van der Waals surface area contributed by atoms with Crippen LogP contribution in [-0.2, 0) is 0 Å². The highest BCUT2D eigenvalue weighted by Crippen LogP contribution is 2.36. The van der Waals surface area contributed by atoms with Crippen LogP contribution in [0.5, 0.6) is 5.75 Å². The first-order chi connectivity index (χ1) is 9.63. The van der Waals surface area contributed by atoms with E-state index in [-0.39, 0.29) is 0 Å². The Bertz CT molecular complexity index is 817. The lowest BCUT2D eigenvalue weighted by atomic mass is 10.0. The lowest BCUT2D eigenvalue weighted by Gasteiger charge is -2.10. The summed E-state index contributed by atoms with van der Waals surface area (Å²) in [5.41, 5.74) is 2.80. The SMILES string of the molecule is CCOc1c(C)cc(C(=O)O)c2c1[nH]c1ccccc12. The number of ether oxygens (including phenoxy) is 1. The molecule has 2 N–H and O–H groups in total.